The highest BCUT2D eigenvalue weighted by molar-refractivity contribution is 5.13. The Balaban J connectivity index is 1.79. The predicted molar refractivity (Wildman–Crippen MR) is 81.4 cm³/mol. The van der Waals surface area contributed by atoms with Gasteiger partial charge in [-0.2, -0.15) is 5.26 Å². The van der Waals surface area contributed by atoms with Crippen molar-refractivity contribution in [2.45, 2.75) is 76.4 Å². The number of rotatable bonds is 6. The molecular formula is C17H30N2O. The molecule has 4 unspecified atom stereocenters. The lowest BCUT2D eigenvalue weighted by Crippen LogP contribution is -2.45. The number of nitrogens with zero attached hydrogens (tertiary/aromatic N) is 1. The Bertz CT molecular complexity index is 338. The molecule has 2 rings (SSSR count). The molecular weight excluding hydrogens is 248 g/mol. The summed E-state index contributed by atoms with van der Waals surface area (Å²) < 4.78 is 6.19. The van der Waals surface area contributed by atoms with Gasteiger partial charge in [0, 0.05) is 6.61 Å². The standard InChI is InChI=1S/C17H30N2O/c1-3-14-7-4-5-9-16(14)20-12-10-15-8-6-11-17(15,13-18)19-2/h14-16,19H,3-12H2,1-2H3. The van der Waals surface area contributed by atoms with E-state index in [1.807, 2.05) is 7.05 Å². The second-order valence-electron chi connectivity index (χ2n) is 6.57. The van der Waals surface area contributed by atoms with Crippen molar-refractivity contribution in [1.82, 2.24) is 5.32 Å². The van der Waals surface area contributed by atoms with E-state index in [0.717, 1.165) is 25.4 Å². The van der Waals surface area contributed by atoms with Crippen LogP contribution in [0.5, 0.6) is 0 Å². The van der Waals surface area contributed by atoms with E-state index in [9.17, 15) is 5.26 Å². The van der Waals surface area contributed by atoms with Crippen LogP contribution in [0.1, 0.15) is 64.7 Å². The molecule has 0 amide bonds. The van der Waals surface area contributed by atoms with Crippen molar-refractivity contribution in [1.29, 1.82) is 5.26 Å². The Hall–Kier alpha value is -0.590. The molecule has 4 atom stereocenters. The molecule has 0 bridgehead atoms. The van der Waals surface area contributed by atoms with Gasteiger partial charge in [-0.1, -0.05) is 32.6 Å². The van der Waals surface area contributed by atoms with E-state index >= 15 is 0 Å². The van der Waals surface area contributed by atoms with Crippen LogP contribution >= 0.6 is 0 Å². The van der Waals surface area contributed by atoms with E-state index in [0.29, 0.717) is 12.0 Å². The first kappa shape index (κ1) is 15.8. The average molecular weight is 278 g/mol. The molecule has 0 aromatic heterocycles. The molecule has 0 aliphatic heterocycles. The zero-order valence-corrected chi connectivity index (χ0v) is 13.2. The van der Waals surface area contributed by atoms with Gasteiger partial charge in [-0.05, 0) is 51.0 Å². The Kier molecular flexibility index (Phi) is 5.86. The number of hydrogen-bond acceptors (Lipinski definition) is 3. The van der Waals surface area contributed by atoms with Crippen LogP contribution in [0.3, 0.4) is 0 Å². The van der Waals surface area contributed by atoms with Gasteiger partial charge in [0.15, 0.2) is 0 Å². The Morgan fingerprint density at radius 3 is 2.75 bits per heavy atom. The first-order chi connectivity index (χ1) is 9.75. The second-order valence-corrected chi connectivity index (χ2v) is 6.57. The van der Waals surface area contributed by atoms with Gasteiger partial charge in [-0.15, -0.1) is 0 Å². The maximum Gasteiger partial charge on any atom is 0.109 e. The van der Waals surface area contributed by atoms with Crippen molar-refractivity contribution in [2.24, 2.45) is 11.8 Å². The lowest BCUT2D eigenvalue weighted by atomic mass is 9.84. The normalized spacial score (nSPS) is 37.8. The molecule has 114 valence electrons. The van der Waals surface area contributed by atoms with Crippen molar-refractivity contribution < 1.29 is 4.74 Å². The maximum atomic E-state index is 9.46. The Labute approximate surface area is 124 Å². The summed E-state index contributed by atoms with van der Waals surface area (Å²) in [4.78, 5) is 0. The molecule has 0 radical (unpaired) electrons. The Morgan fingerprint density at radius 2 is 2.05 bits per heavy atom. The van der Waals surface area contributed by atoms with E-state index in [-0.39, 0.29) is 5.54 Å². The first-order valence-corrected chi connectivity index (χ1v) is 8.47. The van der Waals surface area contributed by atoms with E-state index in [1.54, 1.807) is 0 Å². The Morgan fingerprint density at radius 1 is 1.25 bits per heavy atom. The molecule has 2 aliphatic rings. The highest BCUT2D eigenvalue weighted by Crippen LogP contribution is 2.37. The molecule has 2 aliphatic carbocycles. The van der Waals surface area contributed by atoms with Crippen LogP contribution in [-0.2, 0) is 4.74 Å². The van der Waals surface area contributed by atoms with Crippen molar-refractivity contribution >= 4 is 0 Å². The zero-order chi connectivity index (χ0) is 14.4. The minimum absolute atomic E-state index is 0.292. The van der Waals surface area contributed by atoms with Crippen LogP contribution < -0.4 is 5.32 Å². The highest BCUT2D eigenvalue weighted by atomic mass is 16.5. The summed E-state index contributed by atoms with van der Waals surface area (Å²) in [6, 6.07) is 2.52. The number of ether oxygens (including phenoxy) is 1. The van der Waals surface area contributed by atoms with Gasteiger partial charge in [-0.25, -0.2) is 0 Å². The summed E-state index contributed by atoms with van der Waals surface area (Å²) in [5, 5.41) is 12.7. The topological polar surface area (TPSA) is 45.0 Å². The van der Waals surface area contributed by atoms with Crippen molar-refractivity contribution in [3.8, 4) is 6.07 Å². The SMILES string of the molecule is CCC1CCCCC1OCCC1CCCC1(C#N)NC. The van der Waals surface area contributed by atoms with Gasteiger partial charge in [0.1, 0.15) is 5.54 Å². The van der Waals surface area contributed by atoms with Crippen molar-refractivity contribution in [2.75, 3.05) is 13.7 Å². The first-order valence-electron chi connectivity index (χ1n) is 8.47. The summed E-state index contributed by atoms with van der Waals surface area (Å²) in [6.45, 7) is 3.11. The molecule has 2 fully saturated rings. The van der Waals surface area contributed by atoms with Gasteiger partial charge < -0.3 is 10.1 Å². The van der Waals surface area contributed by atoms with Crippen LogP contribution in [0.15, 0.2) is 0 Å². The fraction of sp³-hybridized carbons (Fsp3) is 0.941. The summed E-state index contributed by atoms with van der Waals surface area (Å²) in [7, 11) is 1.93. The minimum Gasteiger partial charge on any atom is -0.378 e. The molecule has 0 aromatic carbocycles. The molecule has 20 heavy (non-hydrogen) atoms. The molecule has 0 saturated heterocycles. The number of nitriles is 1. The summed E-state index contributed by atoms with van der Waals surface area (Å²) in [5.41, 5.74) is -0.292. The van der Waals surface area contributed by atoms with Crippen LogP contribution in [0.2, 0.25) is 0 Å². The van der Waals surface area contributed by atoms with Crippen molar-refractivity contribution in [3.63, 3.8) is 0 Å². The largest absolute Gasteiger partial charge is 0.378 e. The fourth-order valence-corrected chi connectivity index (χ4v) is 4.22. The maximum absolute atomic E-state index is 9.46. The molecule has 0 spiro atoms. The van der Waals surface area contributed by atoms with Gasteiger partial charge in [0.25, 0.3) is 0 Å². The second kappa shape index (κ2) is 7.43. The van der Waals surface area contributed by atoms with Gasteiger partial charge >= 0.3 is 0 Å². The number of hydrogen-bond donors (Lipinski definition) is 1. The lowest BCUT2D eigenvalue weighted by molar-refractivity contribution is -0.0189. The third-order valence-electron chi connectivity index (χ3n) is 5.63. The van der Waals surface area contributed by atoms with Crippen LogP contribution in [0.4, 0.5) is 0 Å². The molecule has 2 saturated carbocycles. The van der Waals surface area contributed by atoms with Crippen LogP contribution in [-0.4, -0.2) is 25.3 Å². The molecule has 0 heterocycles. The fourth-order valence-electron chi connectivity index (χ4n) is 4.22. The van der Waals surface area contributed by atoms with E-state index in [2.05, 4.69) is 18.3 Å². The molecule has 1 N–H and O–H groups in total. The number of nitrogens with one attached hydrogen (secondary N) is 1. The molecule has 0 aromatic rings. The lowest BCUT2D eigenvalue weighted by Gasteiger charge is -2.32. The van der Waals surface area contributed by atoms with Crippen LogP contribution in [0.25, 0.3) is 0 Å². The minimum atomic E-state index is -0.292. The van der Waals surface area contributed by atoms with Gasteiger partial charge in [-0.3, -0.25) is 0 Å². The molecule has 3 heteroatoms. The predicted octanol–water partition coefficient (Wildman–Crippen LogP) is 3.64. The smallest absolute Gasteiger partial charge is 0.109 e. The van der Waals surface area contributed by atoms with Gasteiger partial charge in [0.05, 0.1) is 12.2 Å². The highest BCUT2D eigenvalue weighted by Gasteiger charge is 2.41. The third-order valence-corrected chi connectivity index (χ3v) is 5.63. The van der Waals surface area contributed by atoms with Gasteiger partial charge in [0.2, 0.25) is 0 Å². The average Bonchev–Trinajstić information content (AvgIpc) is 2.91. The summed E-state index contributed by atoms with van der Waals surface area (Å²) in [6.07, 6.45) is 11.3. The van der Waals surface area contributed by atoms with Crippen molar-refractivity contribution in [3.05, 3.63) is 0 Å². The summed E-state index contributed by atoms with van der Waals surface area (Å²) >= 11 is 0. The quantitative estimate of drug-likeness (QED) is 0.806. The zero-order valence-electron chi connectivity index (χ0n) is 13.2. The van der Waals surface area contributed by atoms with Crippen LogP contribution in [0, 0.1) is 23.2 Å². The van der Waals surface area contributed by atoms with E-state index < -0.39 is 0 Å². The monoisotopic (exact) mass is 278 g/mol. The van der Waals surface area contributed by atoms with E-state index in [1.165, 1.54) is 44.9 Å². The van der Waals surface area contributed by atoms with E-state index in [4.69, 9.17) is 4.74 Å². The molecule has 3 nitrogen and oxygen atoms in total. The third kappa shape index (κ3) is 3.35. The summed E-state index contributed by atoms with van der Waals surface area (Å²) in [5.74, 6) is 1.22.